The third-order valence-electron chi connectivity index (χ3n) is 2.20. The maximum Gasteiger partial charge on any atom is 0.274 e. The molecule has 0 aliphatic carbocycles. The van der Waals surface area contributed by atoms with Crippen LogP contribution in [0.1, 0.15) is 15.9 Å². The maximum atomic E-state index is 13.3. The Morgan fingerprint density at radius 2 is 1.94 bits per heavy atom. The predicted octanol–water partition coefficient (Wildman–Crippen LogP) is 1.98. The van der Waals surface area contributed by atoms with E-state index in [2.05, 4.69) is 15.5 Å². The first kappa shape index (κ1) is 11.9. The highest BCUT2D eigenvalue weighted by Gasteiger charge is 2.08. The van der Waals surface area contributed by atoms with Gasteiger partial charge < -0.3 is 0 Å². The minimum atomic E-state index is -0.585. The second-order valence-electron chi connectivity index (χ2n) is 3.46. The molecule has 0 unspecified atom stereocenters. The number of amides is 1. The van der Waals surface area contributed by atoms with Crippen LogP contribution in [-0.2, 0) is 0 Å². The molecule has 0 spiro atoms. The molecule has 0 aliphatic heterocycles. The Kier molecular flexibility index (Phi) is 3.76. The van der Waals surface area contributed by atoms with Crippen molar-refractivity contribution in [2.24, 2.45) is 5.10 Å². The first-order valence-electron chi connectivity index (χ1n) is 5.25. The van der Waals surface area contributed by atoms with Crippen LogP contribution in [0.15, 0.2) is 53.9 Å². The Morgan fingerprint density at radius 1 is 1.22 bits per heavy atom. The van der Waals surface area contributed by atoms with Crippen LogP contribution < -0.4 is 5.43 Å². The number of carbonyl (C=O) groups is 1. The van der Waals surface area contributed by atoms with E-state index in [1.54, 1.807) is 30.6 Å². The summed E-state index contributed by atoms with van der Waals surface area (Å²) in [4.78, 5) is 15.4. The third-order valence-corrected chi connectivity index (χ3v) is 2.20. The molecule has 0 bridgehead atoms. The van der Waals surface area contributed by atoms with E-state index in [9.17, 15) is 9.18 Å². The second kappa shape index (κ2) is 5.67. The number of hydrogen-bond acceptors (Lipinski definition) is 3. The highest BCUT2D eigenvalue weighted by Crippen LogP contribution is 2.05. The molecule has 0 atom stereocenters. The van der Waals surface area contributed by atoms with E-state index in [0.29, 0.717) is 0 Å². The molecule has 0 aliphatic rings. The molecular weight excluding hydrogens is 233 g/mol. The maximum absolute atomic E-state index is 13.3. The second-order valence-corrected chi connectivity index (χ2v) is 3.46. The van der Waals surface area contributed by atoms with Crippen molar-refractivity contribution < 1.29 is 9.18 Å². The van der Waals surface area contributed by atoms with Gasteiger partial charge >= 0.3 is 0 Å². The number of nitrogens with zero attached hydrogens (tertiary/aromatic N) is 2. The summed E-state index contributed by atoms with van der Waals surface area (Å²) in [5, 5.41) is 3.74. The molecule has 0 radical (unpaired) electrons. The summed E-state index contributed by atoms with van der Waals surface area (Å²) in [5.41, 5.74) is 3.01. The number of nitrogens with one attached hydrogen (secondary N) is 1. The van der Waals surface area contributed by atoms with Gasteiger partial charge in [0.05, 0.1) is 11.8 Å². The Balaban J connectivity index is 2.01. The van der Waals surface area contributed by atoms with Crippen LogP contribution in [0.4, 0.5) is 4.39 Å². The highest BCUT2D eigenvalue weighted by molar-refractivity contribution is 5.95. The zero-order valence-corrected chi connectivity index (χ0v) is 9.38. The van der Waals surface area contributed by atoms with Crippen molar-refractivity contribution in [1.29, 1.82) is 0 Å². The molecule has 4 nitrogen and oxygen atoms in total. The fourth-order valence-electron chi connectivity index (χ4n) is 1.32. The van der Waals surface area contributed by atoms with Gasteiger partial charge in [0.15, 0.2) is 0 Å². The van der Waals surface area contributed by atoms with Crippen LogP contribution in [0.3, 0.4) is 0 Å². The van der Waals surface area contributed by atoms with Crippen LogP contribution >= 0.6 is 0 Å². The lowest BCUT2D eigenvalue weighted by atomic mass is 10.2. The smallest absolute Gasteiger partial charge is 0.267 e. The average Bonchev–Trinajstić information content (AvgIpc) is 2.40. The molecular formula is C13H10FN3O. The SMILES string of the molecule is O=C(N/N=C\c1ccncc1)c1ccccc1F. The van der Waals surface area contributed by atoms with Gasteiger partial charge in [-0.05, 0) is 29.8 Å². The molecule has 1 aromatic carbocycles. The van der Waals surface area contributed by atoms with E-state index in [4.69, 9.17) is 0 Å². The molecule has 1 aromatic heterocycles. The monoisotopic (exact) mass is 243 g/mol. The molecule has 2 aromatic rings. The molecule has 5 heteroatoms. The standard InChI is InChI=1S/C13H10FN3O/c14-12-4-2-1-3-11(12)13(18)17-16-9-10-5-7-15-8-6-10/h1-9H,(H,17,18)/b16-9-. The molecule has 18 heavy (non-hydrogen) atoms. The molecule has 2 rings (SSSR count). The zero-order valence-electron chi connectivity index (χ0n) is 9.38. The summed E-state index contributed by atoms with van der Waals surface area (Å²) in [6.45, 7) is 0. The molecule has 1 amide bonds. The minimum Gasteiger partial charge on any atom is -0.267 e. The zero-order chi connectivity index (χ0) is 12.8. The van der Waals surface area contributed by atoms with Crippen LogP contribution in [0.5, 0.6) is 0 Å². The summed E-state index contributed by atoms with van der Waals surface area (Å²) < 4.78 is 13.3. The lowest BCUT2D eigenvalue weighted by Crippen LogP contribution is -2.18. The summed E-state index contributed by atoms with van der Waals surface area (Å²) in [6.07, 6.45) is 4.68. The Morgan fingerprint density at radius 3 is 2.67 bits per heavy atom. The van der Waals surface area contributed by atoms with Crippen molar-refractivity contribution in [2.75, 3.05) is 0 Å². The lowest BCUT2D eigenvalue weighted by Gasteiger charge is -2.00. The number of hydrazone groups is 1. The molecule has 1 heterocycles. The van der Waals surface area contributed by atoms with Gasteiger partial charge in [-0.25, -0.2) is 9.82 Å². The predicted molar refractivity (Wildman–Crippen MR) is 65.7 cm³/mol. The average molecular weight is 243 g/mol. The van der Waals surface area contributed by atoms with E-state index in [0.717, 1.165) is 5.56 Å². The molecule has 1 N–H and O–H groups in total. The fraction of sp³-hybridized carbons (Fsp3) is 0. The number of halogens is 1. The van der Waals surface area contributed by atoms with E-state index >= 15 is 0 Å². The largest absolute Gasteiger partial charge is 0.274 e. The van der Waals surface area contributed by atoms with Gasteiger partial charge in [-0.1, -0.05) is 12.1 Å². The molecule has 0 saturated heterocycles. The fourth-order valence-corrected chi connectivity index (χ4v) is 1.32. The first-order valence-corrected chi connectivity index (χ1v) is 5.25. The van der Waals surface area contributed by atoms with E-state index in [1.807, 2.05) is 0 Å². The van der Waals surface area contributed by atoms with Crippen molar-refractivity contribution in [3.05, 3.63) is 65.7 Å². The van der Waals surface area contributed by atoms with E-state index in [1.165, 1.54) is 24.4 Å². The Bertz CT molecular complexity index is 569. The third kappa shape index (κ3) is 2.98. The highest BCUT2D eigenvalue weighted by atomic mass is 19.1. The summed E-state index contributed by atoms with van der Waals surface area (Å²) in [7, 11) is 0. The van der Waals surface area contributed by atoms with E-state index < -0.39 is 11.7 Å². The van der Waals surface area contributed by atoms with Crippen LogP contribution in [0.25, 0.3) is 0 Å². The number of pyridine rings is 1. The Labute approximate surface area is 103 Å². The quantitative estimate of drug-likeness (QED) is 0.662. The van der Waals surface area contributed by atoms with Gasteiger partial charge in [-0.3, -0.25) is 9.78 Å². The van der Waals surface area contributed by atoms with Crippen molar-refractivity contribution in [3.63, 3.8) is 0 Å². The first-order chi connectivity index (χ1) is 8.77. The van der Waals surface area contributed by atoms with Crippen LogP contribution in [0, 0.1) is 5.82 Å². The topological polar surface area (TPSA) is 54.4 Å². The Hall–Kier alpha value is -2.56. The van der Waals surface area contributed by atoms with E-state index in [-0.39, 0.29) is 5.56 Å². The van der Waals surface area contributed by atoms with Gasteiger partial charge in [-0.15, -0.1) is 0 Å². The number of benzene rings is 1. The van der Waals surface area contributed by atoms with Gasteiger partial charge in [0, 0.05) is 12.4 Å². The number of aromatic nitrogens is 1. The lowest BCUT2D eigenvalue weighted by molar-refractivity contribution is 0.0951. The normalized spacial score (nSPS) is 10.5. The van der Waals surface area contributed by atoms with Gasteiger partial charge in [0.2, 0.25) is 0 Å². The molecule has 0 saturated carbocycles. The summed E-state index contributed by atoms with van der Waals surface area (Å²) in [6, 6.07) is 9.20. The van der Waals surface area contributed by atoms with Crippen molar-refractivity contribution in [1.82, 2.24) is 10.4 Å². The number of rotatable bonds is 3. The van der Waals surface area contributed by atoms with Gasteiger partial charge in [0.1, 0.15) is 5.82 Å². The number of hydrogen-bond donors (Lipinski definition) is 1. The van der Waals surface area contributed by atoms with Crippen LogP contribution in [0.2, 0.25) is 0 Å². The minimum absolute atomic E-state index is 0.0376. The summed E-state index contributed by atoms with van der Waals surface area (Å²) >= 11 is 0. The van der Waals surface area contributed by atoms with Crippen LogP contribution in [-0.4, -0.2) is 17.1 Å². The molecule has 90 valence electrons. The van der Waals surface area contributed by atoms with Gasteiger partial charge in [0.25, 0.3) is 5.91 Å². The van der Waals surface area contributed by atoms with Crippen molar-refractivity contribution in [3.8, 4) is 0 Å². The summed E-state index contributed by atoms with van der Waals surface area (Å²) in [5.74, 6) is -1.16. The van der Waals surface area contributed by atoms with Gasteiger partial charge in [-0.2, -0.15) is 5.10 Å². The van der Waals surface area contributed by atoms with Crippen molar-refractivity contribution in [2.45, 2.75) is 0 Å². The van der Waals surface area contributed by atoms with Crippen molar-refractivity contribution >= 4 is 12.1 Å². The number of carbonyl (C=O) groups excluding carboxylic acids is 1. The molecule has 0 fully saturated rings.